The summed E-state index contributed by atoms with van der Waals surface area (Å²) in [5.41, 5.74) is 0.784. The lowest BCUT2D eigenvalue weighted by atomic mass is 9.97. The van der Waals surface area contributed by atoms with Crippen molar-refractivity contribution < 1.29 is 4.79 Å². The van der Waals surface area contributed by atoms with Crippen molar-refractivity contribution in [1.82, 2.24) is 4.98 Å². The molecule has 0 radical (unpaired) electrons. The highest BCUT2D eigenvalue weighted by Gasteiger charge is 2.24. The van der Waals surface area contributed by atoms with E-state index in [1.54, 1.807) is 18.5 Å². The molecule has 0 spiro atoms. The molecule has 1 heterocycles. The zero-order chi connectivity index (χ0) is 9.97. The van der Waals surface area contributed by atoms with Crippen LogP contribution in [0.4, 0.5) is 0 Å². The second kappa shape index (κ2) is 4.22. The van der Waals surface area contributed by atoms with E-state index in [4.69, 9.17) is 0 Å². The second-order valence-electron chi connectivity index (χ2n) is 3.70. The summed E-state index contributed by atoms with van der Waals surface area (Å²) in [4.78, 5) is 16.0. The molecular weight excluding hydrogens is 242 g/mol. The van der Waals surface area contributed by atoms with Crippen molar-refractivity contribution in [3.05, 3.63) is 28.5 Å². The first-order valence-electron chi connectivity index (χ1n) is 4.93. The summed E-state index contributed by atoms with van der Waals surface area (Å²) in [6.07, 6.45) is 7.84. The first kappa shape index (κ1) is 9.84. The van der Waals surface area contributed by atoms with E-state index in [9.17, 15) is 4.79 Å². The molecule has 1 aliphatic rings. The van der Waals surface area contributed by atoms with Gasteiger partial charge in [0.1, 0.15) is 0 Å². The van der Waals surface area contributed by atoms with Gasteiger partial charge in [0.25, 0.3) is 0 Å². The summed E-state index contributed by atoms with van der Waals surface area (Å²) < 4.78 is 0.817. The quantitative estimate of drug-likeness (QED) is 0.758. The van der Waals surface area contributed by atoms with Crippen LogP contribution in [0.15, 0.2) is 22.9 Å². The van der Waals surface area contributed by atoms with E-state index in [1.165, 1.54) is 12.8 Å². The number of carbonyl (C=O) groups excluding carboxylic acids is 1. The fraction of sp³-hybridized carbons (Fsp3) is 0.455. The minimum absolute atomic E-state index is 0.244. The zero-order valence-corrected chi connectivity index (χ0v) is 9.46. The molecule has 0 saturated heterocycles. The normalized spacial score (nSPS) is 17.2. The molecule has 1 aromatic rings. The number of nitrogens with zero attached hydrogens (tertiary/aromatic N) is 1. The van der Waals surface area contributed by atoms with Crippen LogP contribution in [0.2, 0.25) is 0 Å². The van der Waals surface area contributed by atoms with Gasteiger partial charge in [-0.25, -0.2) is 0 Å². The Morgan fingerprint density at radius 3 is 2.79 bits per heavy atom. The molecule has 0 atom stereocenters. The number of Topliss-reactive ketones (excluding diaryl/α,β-unsaturated/α-hetero) is 1. The maximum absolute atomic E-state index is 12.0. The van der Waals surface area contributed by atoms with Crippen molar-refractivity contribution in [2.45, 2.75) is 25.7 Å². The number of carbonyl (C=O) groups is 1. The van der Waals surface area contributed by atoms with E-state index in [2.05, 4.69) is 20.9 Å². The molecule has 0 N–H and O–H groups in total. The topological polar surface area (TPSA) is 30.0 Å². The minimum Gasteiger partial charge on any atom is -0.294 e. The van der Waals surface area contributed by atoms with Gasteiger partial charge in [-0.3, -0.25) is 9.78 Å². The molecule has 1 aromatic heterocycles. The van der Waals surface area contributed by atoms with Crippen molar-refractivity contribution >= 4 is 21.7 Å². The van der Waals surface area contributed by atoms with E-state index in [1.807, 2.05) is 0 Å². The highest BCUT2D eigenvalue weighted by molar-refractivity contribution is 9.10. The molecule has 0 aromatic carbocycles. The van der Waals surface area contributed by atoms with E-state index < -0.39 is 0 Å². The third-order valence-electron chi connectivity index (χ3n) is 2.76. The Kier molecular flexibility index (Phi) is 2.96. The smallest absolute Gasteiger partial charge is 0.167 e. The molecule has 1 aliphatic carbocycles. The number of hydrogen-bond donors (Lipinski definition) is 0. The molecule has 3 heteroatoms. The molecular formula is C11H12BrNO. The molecule has 2 nitrogen and oxygen atoms in total. The van der Waals surface area contributed by atoms with Crippen molar-refractivity contribution in [3.63, 3.8) is 0 Å². The monoisotopic (exact) mass is 253 g/mol. The maximum Gasteiger partial charge on any atom is 0.167 e. The lowest BCUT2D eigenvalue weighted by molar-refractivity contribution is 0.0922. The van der Waals surface area contributed by atoms with Crippen LogP contribution in [0.25, 0.3) is 0 Å². The van der Waals surface area contributed by atoms with Crippen LogP contribution in [0, 0.1) is 5.92 Å². The van der Waals surface area contributed by atoms with Gasteiger partial charge in [0.15, 0.2) is 5.78 Å². The van der Waals surface area contributed by atoms with Crippen LogP contribution in [-0.4, -0.2) is 10.8 Å². The van der Waals surface area contributed by atoms with Crippen LogP contribution >= 0.6 is 15.9 Å². The van der Waals surface area contributed by atoms with E-state index in [0.29, 0.717) is 0 Å². The molecule has 74 valence electrons. The van der Waals surface area contributed by atoms with Crippen LogP contribution in [-0.2, 0) is 0 Å². The largest absolute Gasteiger partial charge is 0.294 e. The average molecular weight is 254 g/mol. The first-order chi connectivity index (χ1) is 6.79. The Hall–Kier alpha value is -0.700. The van der Waals surface area contributed by atoms with Gasteiger partial charge in [0.05, 0.1) is 0 Å². The number of pyridine rings is 1. The van der Waals surface area contributed by atoms with Gasteiger partial charge >= 0.3 is 0 Å². The third kappa shape index (κ3) is 1.87. The molecule has 1 fully saturated rings. The van der Waals surface area contributed by atoms with Gasteiger partial charge < -0.3 is 0 Å². The molecule has 0 amide bonds. The van der Waals surface area contributed by atoms with Crippen LogP contribution < -0.4 is 0 Å². The number of ketones is 1. The Bertz CT molecular complexity index is 345. The van der Waals surface area contributed by atoms with Gasteiger partial charge in [-0.2, -0.15) is 0 Å². The Labute approximate surface area is 91.9 Å². The Morgan fingerprint density at radius 2 is 2.14 bits per heavy atom. The third-order valence-corrected chi connectivity index (χ3v) is 3.40. The summed E-state index contributed by atoms with van der Waals surface area (Å²) in [7, 11) is 0. The van der Waals surface area contributed by atoms with E-state index >= 15 is 0 Å². The van der Waals surface area contributed by atoms with Gasteiger partial charge in [-0.05, 0) is 34.8 Å². The van der Waals surface area contributed by atoms with E-state index in [0.717, 1.165) is 22.9 Å². The number of rotatable bonds is 2. The summed E-state index contributed by atoms with van der Waals surface area (Å²) >= 11 is 3.36. The Balaban J connectivity index is 2.22. The molecule has 0 bridgehead atoms. The summed E-state index contributed by atoms with van der Waals surface area (Å²) in [6.45, 7) is 0. The van der Waals surface area contributed by atoms with Crippen molar-refractivity contribution in [1.29, 1.82) is 0 Å². The predicted molar refractivity (Wildman–Crippen MR) is 58.2 cm³/mol. The number of halogens is 1. The fourth-order valence-electron chi connectivity index (χ4n) is 1.98. The summed E-state index contributed by atoms with van der Waals surface area (Å²) in [6, 6.07) is 1.80. The van der Waals surface area contributed by atoms with Crippen molar-refractivity contribution in [2.24, 2.45) is 5.92 Å². The van der Waals surface area contributed by atoms with Gasteiger partial charge in [0.2, 0.25) is 0 Å². The first-order valence-corrected chi connectivity index (χ1v) is 5.72. The van der Waals surface area contributed by atoms with Crippen LogP contribution in [0.1, 0.15) is 36.0 Å². The standard InChI is InChI=1S/C11H12BrNO/c12-10-7-13-6-5-9(10)11(14)8-3-1-2-4-8/h5-8H,1-4H2. The number of aromatic nitrogens is 1. The fourth-order valence-corrected chi connectivity index (χ4v) is 2.43. The molecule has 0 aliphatic heterocycles. The highest BCUT2D eigenvalue weighted by Crippen LogP contribution is 2.29. The Morgan fingerprint density at radius 1 is 1.43 bits per heavy atom. The second-order valence-corrected chi connectivity index (χ2v) is 4.56. The van der Waals surface area contributed by atoms with Gasteiger partial charge in [0, 0.05) is 28.3 Å². The molecule has 0 unspecified atom stereocenters. The maximum atomic E-state index is 12.0. The van der Waals surface area contributed by atoms with E-state index in [-0.39, 0.29) is 11.7 Å². The van der Waals surface area contributed by atoms with Crippen molar-refractivity contribution in [3.8, 4) is 0 Å². The number of hydrogen-bond acceptors (Lipinski definition) is 2. The zero-order valence-electron chi connectivity index (χ0n) is 7.87. The average Bonchev–Trinajstić information content (AvgIpc) is 2.70. The van der Waals surface area contributed by atoms with Gasteiger partial charge in [-0.1, -0.05) is 12.8 Å². The van der Waals surface area contributed by atoms with Crippen LogP contribution in [0.5, 0.6) is 0 Å². The lowest BCUT2D eigenvalue weighted by Gasteiger charge is -2.08. The summed E-state index contributed by atoms with van der Waals surface area (Å²) in [5.74, 6) is 0.519. The van der Waals surface area contributed by atoms with Crippen LogP contribution in [0.3, 0.4) is 0 Å². The molecule has 1 saturated carbocycles. The molecule has 14 heavy (non-hydrogen) atoms. The van der Waals surface area contributed by atoms with Crippen molar-refractivity contribution in [2.75, 3.05) is 0 Å². The van der Waals surface area contributed by atoms with Gasteiger partial charge in [-0.15, -0.1) is 0 Å². The molecule has 2 rings (SSSR count). The summed E-state index contributed by atoms with van der Waals surface area (Å²) in [5, 5.41) is 0. The minimum atomic E-state index is 0.244. The lowest BCUT2D eigenvalue weighted by Crippen LogP contribution is -2.11. The SMILES string of the molecule is O=C(c1ccncc1Br)C1CCCC1. The highest BCUT2D eigenvalue weighted by atomic mass is 79.9. The predicted octanol–water partition coefficient (Wildman–Crippen LogP) is 3.22.